The predicted octanol–water partition coefficient (Wildman–Crippen LogP) is 5.47. The summed E-state index contributed by atoms with van der Waals surface area (Å²) >= 11 is 9.14. The van der Waals surface area contributed by atoms with E-state index in [-0.39, 0.29) is 15.5 Å². The molecule has 3 rings (SSSR count). The summed E-state index contributed by atoms with van der Waals surface area (Å²) in [5.41, 5.74) is 1.77. The Morgan fingerprint density at radius 3 is 2.45 bits per heavy atom. The number of benzene rings is 2. The van der Waals surface area contributed by atoms with Gasteiger partial charge in [-0.3, -0.25) is 10.1 Å². The number of hydrogen-bond donors (Lipinski definition) is 1. The summed E-state index contributed by atoms with van der Waals surface area (Å²) in [4.78, 5) is 18.5. The molecule has 164 valence electrons. The molecular weight excluding hydrogens is 474 g/mol. The molecule has 1 aromatic heterocycles. The van der Waals surface area contributed by atoms with Gasteiger partial charge in [-0.1, -0.05) is 37.6 Å². The number of rotatable bonds is 8. The molecule has 0 radical (unpaired) electrons. The number of hydrogen-bond acceptors (Lipinski definition) is 6. The molecule has 6 nitrogen and oxygen atoms in total. The molecule has 0 saturated carbocycles. The van der Waals surface area contributed by atoms with Gasteiger partial charge in [-0.15, -0.1) is 23.1 Å². The first kappa shape index (κ1) is 23.7. The Bertz CT molecular complexity index is 1170. The van der Waals surface area contributed by atoms with Gasteiger partial charge in [0.15, 0.2) is 5.13 Å². The number of anilines is 1. The molecule has 31 heavy (non-hydrogen) atoms. The number of sulfonamides is 1. The van der Waals surface area contributed by atoms with Crippen molar-refractivity contribution >= 4 is 55.8 Å². The number of carbonyl (C=O) groups excluding carboxylic acids is 1. The molecule has 0 fully saturated rings. The van der Waals surface area contributed by atoms with Gasteiger partial charge in [-0.05, 0) is 36.6 Å². The summed E-state index contributed by atoms with van der Waals surface area (Å²) in [6, 6.07) is 12.1. The van der Waals surface area contributed by atoms with Crippen LogP contribution in [0.4, 0.5) is 5.13 Å². The van der Waals surface area contributed by atoms with E-state index >= 15 is 0 Å². The van der Waals surface area contributed by atoms with Gasteiger partial charge in [0, 0.05) is 28.9 Å². The molecule has 1 heterocycles. The van der Waals surface area contributed by atoms with Crippen LogP contribution in [0.1, 0.15) is 24.2 Å². The number of aromatic nitrogens is 1. The zero-order valence-corrected chi connectivity index (χ0v) is 20.5. The van der Waals surface area contributed by atoms with Crippen molar-refractivity contribution in [3.8, 4) is 11.3 Å². The zero-order chi connectivity index (χ0) is 22.6. The topological polar surface area (TPSA) is 79.4 Å². The Morgan fingerprint density at radius 1 is 1.16 bits per heavy atom. The summed E-state index contributed by atoms with van der Waals surface area (Å²) in [6.45, 7) is 4.20. The maximum absolute atomic E-state index is 12.8. The fourth-order valence-electron chi connectivity index (χ4n) is 2.94. The van der Waals surface area contributed by atoms with E-state index in [1.54, 1.807) is 25.6 Å². The number of thioether (sulfide) groups is 1. The molecule has 10 heteroatoms. The predicted molar refractivity (Wildman–Crippen MR) is 129 cm³/mol. The first-order chi connectivity index (χ1) is 14.8. The number of nitrogens with one attached hydrogen (secondary N) is 1. The van der Waals surface area contributed by atoms with Crippen LogP contribution in [-0.2, 0) is 10.0 Å². The van der Waals surface area contributed by atoms with Crippen LogP contribution in [0, 0.1) is 0 Å². The minimum atomic E-state index is -3.70. The molecule has 0 aliphatic carbocycles. The number of amides is 1. The molecule has 1 amide bonds. The molecule has 0 atom stereocenters. The van der Waals surface area contributed by atoms with E-state index in [2.05, 4.69) is 10.3 Å². The van der Waals surface area contributed by atoms with Gasteiger partial charge in [0.1, 0.15) is 0 Å². The van der Waals surface area contributed by atoms with E-state index in [4.69, 9.17) is 11.6 Å². The quantitative estimate of drug-likeness (QED) is 0.419. The summed E-state index contributed by atoms with van der Waals surface area (Å²) < 4.78 is 26.9. The van der Waals surface area contributed by atoms with Gasteiger partial charge in [0.2, 0.25) is 10.0 Å². The summed E-state index contributed by atoms with van der Waals surface area (Å²) in [5, 5.41) is 5.14. The van der Waals surface area contributed by atoms with Gasteiger partial charge in [0.25, 0.3) is 5.91 Å². The highest BCUT2D eigenvalue weighted by molar-refractivity contribution is 7.98. The van der Waals surface area contributed by atoms with Crippen LogP contribution in [0.25, 0.3) is 11.3 Å². The molecule has 0 aliphatic heterocycles. The van der Waals surface area contributed by atoms with Crippen molar-refractivity contribution in [3.05, 3.63) is 58.4 Å². The Morgan fingerprint density at radius 2 is 1.84 bits per heavy atom. The Kier molecular flexibility index (Phi) is 7.77. The van der Waals surface area contributed by atoms with Crippen LogP contribution >= 0.6 is 34.7 Å². The van der Waals surface area contributed by atoms with E-state index in [1.807, 2.05) is 35.9 Å². The minimum absolute atomic E-state index is 0.0273. The van der Waals surface area contributed by atoms with Crippen LogP contribution in [0.2, 0.25) is 5.02 Å². The van der Waals surface area contributed by atoms with Crippen molar-refractivity contribution in [3.63, 3.8) is 0 Å². The highest BCUT2D eigenvalue weighted by Gasteiger charge is 2.24. The lowest BCUT2D eigenvalue weighted by atomic mass is 10.2. The monoisotopic (exact) mass is 495 g/mol. The second-order valence-corrected chi connectivity index (χ2v) is 10.5. The Balaban J connectivity index is 1.83. The third kappa shape index (κ3) is 5.30. The molecule has 3 aromatic rings. The third-order valence-corrected chi connectivity index (χ3v) is 8.51. The second-order valence-electron chi connectivity index (χ2n) is 6.45. The molecule has 1 N–H and O–H groups in total. The van der Waals surface area contributed by atoms with Crippen LogP contribution in [0.3, 0.4) is 0 Å². The van der Waals surface area contributed by atoms with Gasteiger partial charge < -0.3 is 0 Å². The van der Waals surface area contributed by atoms with Crippen molar-refractivity contribution in [1.82, 2.24) is 9.29 Å². The lowest BCUT2D eigenvalue weighted by molar-refractivity contribution is 0.102. The zero-order valence-electron chi connectivity index (χ0n) is 17.3. The van der Waals surface area contributed by atoms with Gasteiger partial charge in [-0.2, -0.15) is 4.31 Å². The number of halogens is 1. The van der Waals surface area contributed by atoms with E-state index in [0.29, 0.717) is 18.2 Å². The molecule has 2 aromatic carbocycles. The lowest BCUT2D eigenvalue weighted by Gasteiger charge is -2.19. The molecule has 0 aliphatic rings. The average molecular weight is 496 g/mol. The first-order valence-corrected chi connectivity index (χ1v) is 13.4. The summed E-state index contributed by atoms with van der Waals surface area (Å²) in [7, 11) is -3.70. The molecule has 0 spiro atoms. The molecule has 0 bridgehead atoms. The Labute approximate surface area is 195 Å². The van der Waals surface area contributed by atoms with E-state index in [9.17, 15) is 13.2 Å². The van der Waals surface area contributed by atoms with Crippen molar-refractivity contribution in [2.75, 3.05) is 24.7 Å². The van der Waals surface area contributed by atoms with Crippen LogP contribution in [0.15, 0.2) is 57.6 Å². The first-order valence-electron chi connectivity index (χ1n) is 9.51. The maximum atomic E-state index is 12.8. The van der Waals surface area contributed by atoms with Crippen LogP contribution in [0.5, 0.6) is 0 Å². The highest BCUT2D eigenvalue weighted by Crippen LogP contribution is 2.28. The second kappa shape index (κ2) is 10.1. The van der Waals surface area contributed by atoms with Crippen molar-refractivity contribution in [1.29, 1.82) is 0 Å². The van der Waals surface area contributed by atoms with Crippen LogP contribution < -0.4 is 5.32 Å². The molecule has 0 saturated heterocycles. The van der Waals surface area contributed by atoms with E-state index in [0.717, 1.165) is 16.2 Å². The van der Waals surface area contributed by atoms with Crippen LogP contribution in [-0.4, -0.2) is 43.0 Å². The lowest BCUT2D eigenvalue weighted by Crippen LogP contribution is -2.30. The van der Waals surface area contributed by atoms with E-state index < -0.39 is 15.9 Å². The van der Waals surface area contributed by atoms with Gasteiger partial charge in [-0.25, -0.2) is 13.4 Å². The number of thiazole rings is 1. The highest BCUT2D eigenvalue weighted by atomic mass is 35.5. The number of carbonyl (C=O) groups is 1. The fourth-order valence-corrected chi connectivity index (χ4v) is 5.75. The SMILES string of the molecule is CCN(CC)S(=O)(=O)c1ccc(Cl)c(C(=O)Nc2nc(-c3ccc(SC)cc3)cs2)c1. The minimum Gasteiger partial charge on any atom is -0.298 e. The standard InChI is InChI=1S/C21H22ClN3O3S3/c1-4-25(5-2)31(27,28)16-10-11-18(22)17(12-16)20(26)24-21-23-19(13-30-21)14-6-8-15(29-3)9-7-14/h6-13H,4-5H2,1-3H3,(H,23,24,26). The maximum Gasteiger partial charge on any atom is 0.259 e. The smallest absolute Gasteiger partial charge is 0.259 e. The number of nitrogens with zero attached hydrogens (tertiary/aromatic N) is 2. The van der Waals surface area contributed by atoms with Gasteiger partial charge >= 0.3 is 0 Å². The largest absolute Gasteiger partial charge is 0.298 e. The average Bonchev–Trinajstić information content (AvgIpc) is 3.23. The normalized spacial score (nSPS) is 11.6. The molecular formula is C21H22ClN3O3S3. The Hall–Kier alpha value is -1.91. The summed E-state index contributed by atoms with van der Waals surface area (Å²) in [6.07, 6.45) is 2.01. The fraction of sp³-hybridized carbons (Fsp3) is 0.238. The van der Waals surface area contributed by atoms with Crippen molar-refractivity contribution in [2.45, 2.75) is 23.6 Å². The van der Waals surface area contributed by atoms with Crippen molar-refractivity contribution < 1.29 is 13.2 Å². The summed E-state index contributed by atoms with van der Waals surface area (Å²) in [5.74, 6) is -0.514. The molecule has 0 unspecified atom stereocenters. The van der Waals surface area contributed by atoms with Crippen molar-refractivity contribution in [2.24, 2.45) is 0 Å². The third-order valence-electron chi connectivity index (χ3n) is 4.64. The van der Waals surface area contributed by atoms with Gasteiger partial charge in [0.05, 0.1) is 21.2 Å². The van der Waals surface area contributed by atoms with E-state index in [1.165, 1.54) is 33.8 Å².